The summed E-state index contributed by atoms with van der Waals surface area (Å²) in [6.45, 7) is 4.39. The van der Waals surface area contributed by atoms with Crippen LogP contribution in [0.4, 0.5) is 0 Å². The number of carbonyl (C=O) groups excluding carboxylic acids is 1. The highest BCUT2D eigenvalue weighted by molar-refractivity contribution is 5.98. The van der Waals surface area contributed by atoms with Crippen LogP contribution < -0.4 is 0 Å². The van der Waals surface area contributed by atoms with Gasteiger partial charge in [0.25, 0.3) is 5.91 Å². The van der Waals surface area contributed by atoms with E-state index >= 15 is 0 Å². The first kappa shape index (κ1) is 16.2. The van der Waals surface area contributed by atoms with Crippen molar-refractivity contribution < 1.29 is 19.1 Å². The first-order chi connectivity index (χ1) is 11.5. The molecule has 126 valence electrons. The number of carboxylic acid groups (broad SMARTS) is 1. The van der Waals surface area contributed by atoms with Crippen molar-refractivity contribution in [2.24, 2.45) is 11.8 Å². The first-order valence-electron chi connectivity index (χ1n) is 8.00. The number of piperidine rings is 1. The Kier molecular flexibility index (Phi) is 4.38. The van der Waals surface area contributed by atoms with E-state index in [0.717, 1.165) is 5.56 Å². The molecular weight excluding hydrogens is 308 g/mol. The van der Waals surface area contributed by atoms with Gasteiger partial charge in [-0.05, 0) is 12.3 Å². The summed E-state index contributed by atoms with van der Waals surface area (Å²) in [5, 5.41) is 9.29. The van der Waals surface area contributed by atoms with Gasteiger partial charge >= 0.3 is 5.97 Å². The maximum absolute atomic E-state index is 12.9. The average Bonchev–Trinajstić information content (AvgIpc) is 2.96. The molecule has 0 aliphatic carbocycles. The number of amides is 1. The van der Waals surface area contributed by atoms with Gasteiger partial charge in [-0.15, -0.1) is 0 Å². The molecular formula is C18H20N2O4. The Morgan fingerprint density at radius 3 is 2.62 bits per heavy atom. The van der Waals surface area contributed by atoms with Gasteiger partial charge in [-0.25, -0.2) is 4.98 Å². The van der Waals surface area contributed by atoms with E-state index in [1.165, 1.54) is 0 Å². The Hall–Kier alpha value is -2.63. The molecule has 0 radical (unpaired) electrons. The topological polar surface area (TPSA) is 83.6 Å². The minimum atomic E-state index is -0.862. The normalized spacial score (nSPS) is 20.8. The summed E-state index contributed by atoms with van der Waals surface area (Å²) in [5.74, 6) is -0.689. The van der Waals surface area contributed by atoms with Crippen LogP contribution in [0, 0.1) is 18.8 Å². The predicted molar refractivity (Wildman–Crippen MR) is 87.5 cm³/mol. The summed E-state index contributed by atoms with van der Waals surface area (Å²) in [6.07, 6.45) is 0.586. The number of aliphatic carboxylic acids is 1. The van der Waals surface area contributed by atoms with Crippen LogP contribution in [-0.2, 0) is 4.79 Å². The van der Waals surface area contributed by atoms with Crippen molar-refractivity contribution in [3.63, 3.8) is 0 Å². The molecule has 0 saturated carbocycles. The minimum absolute atomic E-state index is 0.136. The van der Waals surface area contributed by atoms with E-state index in [0.29, 0.717) is 24.6 Å². The highest BCUT2D eigenvalue weighted by atomic mass is 16.4. The van der Waals surface area contributed by atoms with E-state index in [2.05, 4.69) is 4.98 Å². The number of aromatic nitrogens is 1. The molecule has 0 bridgehead atoms. The Bertz CT molecular complexity index is 754. The van der Waals surface area contributed by atoms with Gasteiger partial charge in [-0.3, -0.25) is 9.59 Å². The monoisotopic (exact) mass is 328 g/mol. The number of hydrogen-bond donors (Lipinski definition) is 1. The van der Waals surface area contributed by atoms with Crippen LogP contribution in [0.5, 0.6) is 0 Å². The third kappa shape index (κ3) is 3.18. The van der Waals surface area contributed by atoms with E-state index in [1.54, 1.807) is 11.8 Å². The van der Waals surface area contributed by atoms with Crippen molar-refractivity contribution in [1.82, 2.24) is 9.88 Å². The molecule has 0 spiro atoms. The summed E-state index contributed by atoms with van der Waals surface area (Å²) in [5.41, 5.74) is 1.03. The van der Waals surface area contributed by atoms with E-state index < -0.39 is 11.9 Å². The molecule has 1 aliphatic rings. The van der Waals surface area contributed by atoms with Crippen LogP contribution in [0.3, 0.4) is 0 Å². The van der Waals surface area contributed by atoms with Gasteiger partial charge in [0.2, 0.25) is 0 Å². The van der Waals surface area contributed by atoms with Crippen LogP contribution in [0.25, 0.3) is 11.3 Å². The number of oxazole rings is 1. The Morgan fingerprint density at radius 2 is 1.96 bits per heavy atom. The van der Waals surface area contributed by atoms with E-state index in [9.17, 15) is 14.7 Å². The molecule has 3 rings (SSSR count). The molecule has 2 aromatic rings. The number of aryl methyl sites for hydroxylation is 1. The number of nitrogens with zero attached hydrogens (tertiary/aromatic N) is 2. The van der Waals surface area contributed by atoms with Crippen molar-refractivity contribution in [1.29, 1.82) is 0 Å². The zero-order valence-corrected chi connectivity index (χ0v) is 13.7. The summed E-state index contributed by atoms with van der Waals surface area (Å²) in [6, 6.07) is 9.33. The van der Waals surface area contributed by atoms with Gasteiger partial charge in [0, 0.05) is 25.6 Å². The summed E-state index contributed by atoms with van der Waals surface area (Å²) < 4.78 is 5.64. The fraction of sp³-hybridized carbons (Fsp3) is 0.389. The van der Waals surface area contributed by atoms with Gasteiger partial charge < -0.3 is 14.4 Å². The van der Waals surface area contributed by atoms with Gasteiger partial charge in [0.15, 0.2) is 17.3 Å². The number of likely N-dealkylation sites (tertiary alicyclic amines) is 1. The highest BCUT2D eigenvalue weighted by Crippen LogP contribution is 2.28. The van der Waals surface area contributed by atoms with Gasteiger partial charge in [-0.2, -0.15) is 0 Å². The lowest BCUT2D eigenvalue weighted by Crippen LogP contribution is -2.45. The van der Waals surface area contributed by atoms with Crippen LogP contribution in [0.1, 0.15) is 29.7 Å². The molecule has 2 unspecified atom stereocenters. The molecule has 1 N–H and O–H groups in total. The van der Waals surface area contributed by atoms with Gasteiger partial charge in [0.1, 0.15) is 0 Å². The smallest absolute Gasteiger partial charge is 0.308 e. The third-order valence-electron chi connectivity index (χ3n) is 4.27. The first-order valence-corrected chi connectivity index (χ1v) is 8.00. The number of carbonyl (C=O) groups is 2. The molecule has 1 aliphatic heterocycles. The largest absolute Gasteiger partial charge is 0.481 e. The maximum Gasteiger partial charge on any atom is 0.308 e. The molecule has 1 aromatic heterocycles. The molecule has 2 atom stereocenters. The van der Waals surface area contributed by atoms with Crippen molar-refractivity contribution in [2.75, 3.05) is 13.1 Å². The molecule has 1 aromatic carbocycles. The van der Waals surface area contributed by atoms with Crippen LogP contribution in [0.2, 0.25) is 0 Å². The number of rotatable bonds is 3. The van der Waals surface area contributed by atoms with Crippen molar-refractivity contribution in [2.45, 2.75) is 20.3 Å². The van der Waals surface area contributed by atoms with Crippen molar-refractivity contribution in [3.8, 4) is 11.3 Å². The van der Waals surface area contributed by atoms with Gasteiger partial charge in [0.05, 0.1) is 5.92 Å². The Labute approximate surface area is 140 Å². The lowest BCUT2D eigenvalue weighted by Gasteiger charge is -2.34. The fourth-order valence-electron chi connectivity index (χ4n) is 3.20. The summed E-state index contributed by atoms with van der Waals surface area (Å²) >= 11 is 0. The molecule has 1 fully saturated rings. The van der Waals surface area contributed by atoms with Crippen LogP contribution in [0.15, 0.2) is 34.7 Å². The average molecular weight is 328 g/mol. The predicted octanol–water partition coefficient (Wildman–Crippen LogP) is 2.83. The SMILES string of the molecule is Cc1nc(C(=O)N2CC(C)CC(C(=O)O)C2)c(-c2ccccc2)o1. The third-order valence-corrected chi connectivity index (χ3v) is 4.27. The lowest BCUT2D eigenvalue weighted by atomic mass is 9.90. The van der Waals surface area contributed by atoms with Crippen LogP contribution >= 0.6 is 0 Å². The number of hydrogen-bond acceptors (Lipinski definition) is 4. The molecule has 2 heterocycles. The quantitative estimate of drug-likeness (QED) is 0.936. The minimum Gasteiger partial charge on any atom is -0.481 e. The lowest BCUT2D eigenvalue weighted by molar-refractivity contribution is -0.143. The standard InChI is InChI=1S/C18H20N2O4/c1-11-8-14(18(22)23)10-20(9-11)17(21)15-16(24-12(2)19-15)13-6-4-3-5-7-13/h3-7,11,14H,8-10H2,1-2H3,(H,22,23). The molecule has 24 heavy (non-hydrogen) atoms. The molecule has 6 nitrogen and oxygen atoms in total. The molecule has 6 heteroatoms. The van der Waals surface area contributed by atoms with E-state index in [4.69, 9.17) is 4.42 Å². The molecule has 1 amide bonds. The fourth-order valence-corrected chi connectivity index (χ4v) is 3.20. The summed E-state index contributed by atoms with van der Waals surface area (Å²) in [7, 11) is 0. The van der Waals surface area contributed by atoms with E-state index in [1.807, 2.05) is 37.3 Å². The Balaban J connectivity index is 1.92. The number of benzene rings is 1. The Morgan fingerprint density at radius 1 is 1.25 bits per heavy atom. The maximum atomic E-state index is 12.9. The zero-order chi connectivity index (χ0) is 17.3. The van der Waals surface area contributed by atoms with Crippen molar-refractivity contribution in [3.05, 3.63) is 41.9 Å². The second-order valence-corrected chi connectivity index (χ2v) is 6.36. The zero-order valence-electron chi connectivity index (χ0n) is 13.7. The van der Waals surface area contributed by atoms with Gasteiger partial charge in [-0.1, -0.05) is 37.3 Å². The van der Waals surface area contributed by atoms with Crippen molar-refractivity contribution >= 4 is 11.9 Å². The highest BCUT2D eigenvalue weighted by Gasteiger charge is 2.34. The molecule has 1 saturated heterocycles. The summed E-state index contributed by atoms with van der Waals surface area (Å²) in [4.78, 5) is 30.1. The number of carboxylic acids is 1. The van der Waals surface area contributed by atoms with E-state index in [-0.39, 0.29) is 24.1 Å². The second-order valence-electron chi connectivity index (χ2n) is 6.36. The second kappa shape index (κ2) is 6.47. The van der Waals surface area contributed by atoms with Crippen LogP contribution in [-0.4, -0.2) is 40.0 Å².